The van der Waals surface area contributed by atoms with Gasteiger partial charge in [-0.25, -0.2) is 0 Å². The highest BCUT2D eigenvalue weighted by Gasteiger charge is 2.33. The van der Waals surface area contributed by atoms with Crippen LogP contribution in [0.3, 0.4) is 0 Å². The van der Waals surface area contributed by atoms with Gasteiger partial charge in [-0.15, -0.1) is 6.42 Å². The Hall–Kier alpha value is -0.520. The van der Waals surface area contributed by atoms with Crippen molar-refractivity contribution in [2.45, 2.75) is 38.1 Å². The van der Waals surface area contributed by atoms with Crippen LogP contribution in [-0.4, -0.2) is 30.1 Å². The predicted octanol–water partition coefficient (Wildman–Crippen LogP) is 1.21. The minimum atomic E-state index is 0.0754. The standard InChI is InChI=1S/C11H20N2/c1-3-8-13(9-4-2)10-11(12)6-5-7-11/h1H,4-10,12H2,2H3. The monoisotopic (exact) mass is 180 g/mol. The number of hydrogen-bond donors (Lipinski definition) is 1. The van der Waals surface area contributed by atoms with Crippen LogP contribution >= 0.6 is 0 Å². The molecule has 0 spiro atoms. The third kappa shape index (κ3) is 3.02. The summed E-state index contributed by atoms with van der Waals surface area (Å²) in [5.74, 6) is 2.69. The van der Waals surface area contributed by atoms with E-state index in [0.29, 0.717) is 0 Å². The molecule has 74 valence electrons. The summed E-state index contributed by atoms with van der Waals surface area (Å²) in [6.07, 6.45) is 10.1. The molecule has 0 amide bonds. The van der Waals surface area contributed by atoms with Gasteiger partial charge in [0.1, 0.15) is 0 Å². The fourth-order valence-electron chi connectivity index (χ4n) is 1.89. The molecule has 0 radical (unpaired) electrons. The Labute approximate surface area is 81.5 Å². The van der Waals surface area contributed by atoms with Gasteiger partial charge in [0.05, 0.1) is 6.54 Å². The second kappa shape index (κ2) is 4.64. The summed E-state index contributed by atoms with van der Waals surface area (Å²) in [5, 5.41) is 0. The molecule has 0 aromatic rings. The summed E-state index contributed by atoms with van der Waals surface area (Å²) in [6.45, 7) is 4.97. The van der Waals surface area contributed by atoms with E-state index in [-0.39, 0.29) is 5.54 Å². The lowest BCUT2D eigenvalue weighted by molar-refractivity contribution is 0.156. The van der Waals surface area contributed by atoms with Crippen molar-refractivity contribution in [2.75, 3.05) is 19.6 Å². The number of nitrogens with zero attached hydrogens (tertiary/aromatic N) is 1. The van der Waals surface area contributed by atoms with E-state index >= 15 is 0 Å². The molecule has 1 fully saturated rings. The van der Waals surface area contributed by atoms with Crippen molar-refractivity contribution in [1.29, 1.82) is 0 Å². The summed E-state index contributed by atoms with van der Waals surface area (Å²) in [5.41, 5.74) is 6.23. The van der Waals surface area contributed by atoms with E-state index < -0.39 is 0 Å². The van der Waals surface area contributed by atoms with Crippen LogP contribution in [0.5, 0.6) is 0 Å². The maximum absolute atomic E-state index is 6.15. The molecular formula is C11H20N2. The molecule has 0 saturated heterocycles. The smallest absolute Gasteiger partial charge is 0.0599 e. The lowest BCUT2D eigenvalue weighted by atomic mass is 9.77. The molecule has 2 N–H and O–H groups in total. The molecule has 1 saturated carbocycles. The Morgan fingerprint density at radius 2 is 2.23 bits per heavy atom. The molecule has 1 aliphatic carbocycles. The average molecular weight is 180 g/mol. The van der Waals surface area contributed by atoms with Crippen LogP contribution in [-0.2, 0) is 0 Å². The molecule has 0 aromatic heterocycles. The topological polar surface area (TPSA) is 29.3 Å². The highest BCUT2D eigenvalue weighted by atomic mass is 15.1. The third-order valence-corrected chi connectivity index (χ3v) is 2.74. The van der Waals surface area contributed by atoms with Crippen molar-refractivity contribution in [3.63, 3.8) is 0 Å². The Morgan fingerprint density at radius 1 is 1.54 bits per heavy atom. The Morgan fingerprint density at radius 3 is 2.62 bits per heavy atom. The van der Waals surface area contributed by atoms with Gasteiger partial charge in [0.25, 0.3) is 0 Å². The van der Waals surface area contributed by atoms with Gasteiger partial charge in [-0.3, -0.25) is 4.90 Å². The summed E-state index contributed by atoms with van der Waals surface area (Å²) < 4.78 is 0. The first-order valence-corrected chi connectivity index (χ1v) is 5.15. The van der Waals surface area contributed by atoms with Gasteiger partial charge in [-0.05, 0) is 32.2 Å². The molecule has 2 nitrogen and oxygen atoms in total. The zero-order valence-corrected chi connectivity index (χ0v) is 8.55. The first-order chi connectivity index (χ1) is 6.20. The van der Waals surface area contributed by atoms with Gasteiger partial charge in [0.15, 0.2) is 0 Å². The van der Waals surface area contributed by atoms with E-state index in [1.54, 1.807) is 0 Å². The molecule has 0 bridgehead atoms. The maximum Gasteiger partial charge on any atom is 0.0599 e. The maximum atomic E-state index is 6.15. The molecule has 0 heterocycles. The summed E-state index contributed by atoms with van der Waals surface area (Å²) in [7, 11) is 0. The first-order valence-electron chi connectivity index (χ1n) is 5.15. The second-order valence-corrected chi connectivity index (χ2v) is 4.13. The van der Waals surface area contributed by atoms with Gasteiger partial charge >= 0.3 is 0 Å². The highest BCUT2D eigenvalue weighted by Crippen LogP contribution is 2.29. The van der Waals surface area contributed by atoms with Gasteiger partial charge in [0, 0.05) is 12.1 Å². The summed E-state index contributed by atoms with van der Waals surface area (Å²) in [4.78, 5) is 2.29. The van der Waals surface area contributed by atoms with Crippen molar-refractivity contribution < 1.29 is 0 Å². The minimum Gasteiger partial charge on any atom is -0.324 e. The van der Waals surface area contributed by atoms with Crippen molar-refractivity contribution in [1.82, 2.24) is 4.90 Å². The van der Waals surface area contributed by atoms with Crippen LogP contribution in [0.25, 0.3) is 0 Å². The van der Waals surface area contributed by atoms with E-state index in [4.69, 9.17) is 12.2 Å². The van der Waals surface area contributed by atoms with Crippen LogP contribution in [0.15, 0.2) is 0 Å². The second-order valence-electron chi connectivity index (χ2n) is 4.13. The Kier molecular flexibility index (Phi) is 3.77. The molecular weight excluding hydrogens is 160 g/mol. The number of rotatable bonds is 5. The van der Waals surface area contributed by atoms with E-state index in [2.05, 4.69) is 17.7 Å². The number of nitrogens with two attached hydrogens (primary N) is 1. The normalized spacial score (nSPS) is 19.5. The van der Waals surface area contributed by atoms with E-state index in [1.807, 2.05) is 0 Å². The minimum absolute atomic E-state index is 0.0754. The number of terminal acetylenes is 1. The van der Waals surface area contributed by atoms with Gasteiger partial charge in [-0.1, -0.05) is 12.8 Å². The summed E-state index contributed by atoms with van der Waals surface area (Å²) >= 11 is 0. The number of hydrogen-bond acceptors (Lipinski definition) is 2. The average Bonchev–Trinajstić information content (AvgIpc) is 2.02. The molecule has 1 aliphatic rings. The summed E-state index contributed by atoms with van der Waals surface area (Å²) in [6, 6.07) is 0. The van der Waals surface area contributed by atoms with Crippen LogP contribution in [0.4, 0.5) is 0 Å². The molecule has 0 atom stereocenters. The fraction of sp³-hybridized carbons (Fsp3) is 0.818. The molecule has 13 heavy (non-hydrogen) atoms. The van der Waals surface area contributed by atoms with Crippen molar-refractivity contribution in [3.05, 3.63) is 0 Å². The van der Waals surface area contributed by atoms with E-state index in [1.165, 1.54) is 6.42 Å². The third-order valence-electron chi connectivity index (χ3n) is 2.74. The van der Waals surface area contributed by atoms with Gasteiger partial charge < -0.3 is 5.73 Å². The molecule has 0 unspecified atom stereocenters. The lowest BCUT2D eigenvalue weighted by Gasteiger charge is -2.41. The van der Waals surface area contributed by atoms with Crippen LogP contribution < -0.4 is 5.73 Å². The van der Waals surface area contributed by atoms with Crippen LogP contribution in [0, 0.1) is 12.3 Å². The Bertz CT molecular complexity index is 189. The predicted molar refractivity (Wildman–Crippen MR) is 56.3 cm³/mol. The Balaban J connectivity index is 2.33. The molecule has 0 aromatic carbocycles. The van der Waals surface area contributed by atoms with Crippen molar-refractivity contribution >= 4 is 0 Å². The molecule has 2 heteroatoms. The van der Waals surface area contributed by atoms with Gasteiger partial charge in [-0.2, -0.15) is 0 Å². The van der Waals surface area contributed by atoms with Crippen molar-refractivity contribution in [2.24, 2.45) is 5.73 Å². The van der Waals surface area contributed by atoms with E-state index in [9.17, 15) is 0 Å². The first kappa shape index (κ1) is 10.6. The highest BCUT2D eigenvalue weighted by molar-refractivity contribution is 4.97. The zero-order chi connectivity index (χ0) is 9.73. The lowest BCUT2D eigenvalue weighted by Crippen LogP contribution is -2.55. The zero-order valence-electron chi connectivity index (χ0n) is 8.55. The SMILES string of the molecule is C#CCN(CCC)CC1(N)CCC1. The fourth-order valence-corrected chi connectivity index (χ4v) is 1.89. The van der Waals surface area contributed by atoms with Crippen molar-refractivity contribution in [3.8, 4) is 12.3 Å². The van der Waals surface area contributed by atoms with Crippen LogP contribution in [0.1, 0.15) is 32.6 Å². The largest absolute Gasteiger partial charge is 0.324 e. The quantitative estimate of drug-likeness (QED) is 0.644. The molecule has 0 aliphatic heterocycles. The van der Waals surface area contributed by atoms with Crippen LogP contribution in [0.2, 0.25) is 0 Å². The van der Waals surface area contributed by atoms with Gasteiger partial charge in [0.2, 0.25) is 0 Å². The van der Waals surface area contributed by atoms with E-state index in [0.717, 1.165) is 38.9 Å². The molecule has 1 rings (SSSR count).